The Labute approximate surface area is 108 Å². The predicted molar refractivity (Wildman–Crippen MR) is 69.4 cm³/mol. The Morgan fingerprint density at radius 1 is 1.44 bits per heavy atom. The summed E-state index contributed by atoms with van der Waals surface area (Å²) in [5.41, 5.74) is 0.457. The Kier molecular flexibility index (Phi) is 4.04. The number of carbonyl (C=O) groups is 1. The number of hydrogen-bond donors (Lipinski definition) is 0. The molecule has 1 aliphatic rings. The third-order valence-electron chi connectivity index (χ3n) is 3.70. The van der Waals surface area contributed by atoms with Gasteiger partial charge in [-0.05, 0) is 39.5 Å². The molecule has 2 rings (SSSR count). The summed E-state index contributed by atoms with van der Waals surface area (Å²) in [6, 6.07) is 2.39. The normalized spacial score (nSPS) is 24.3. The third-order valence-corrected chi connectivity index (χ3v) is 3.70. The maximum Gasteiger partial charge on any atom is 0.276 e. The van der Waals surface area contributed by atoms with Crippen molar-refractivity contribution in [2.24, 2.45) is 0 Å². The van der Waals surface area contributed by atoms with Crippen LogP contribution in [-0.2, 0) is 6.42 Å². The van der Waals surface area contributed by atoms with Crippen molar-refractivity contribution in [3.63, 3.8) is 0 Å². The molecule has 1 aliphatic heterocycles. The number of aromatic nitrogens is 1. The molecule has 1 amide bonds. The van der Waals surface area contributed by atoms with E-state index in [0.717, 1.165) is 31.4 Å². The van der Waals surface area contributed by atoms with Gasteiger partial charge in [-0.15, -0.1) is 0 Å². The minimum atomic E-state index is 0.0146. The smallest absolute Gasteiger partial charge is 0.276 e. The maximum atomic E-state index is 12.4. The predicted octanol–water partition coefficient (Wildman–Crippen LogP) is 3.03. The molecule has 2 atom stereocenters. The van der Waals surface area contributed by atoms with Crippen molar-refractivity contribution in [2.75, 3.05) is 0 Å². The summed E-state index contributed by atoms with van der Waals surface area (Å²) in [6.45, 7) is 6.31. The zero-order chi connectivity index (χ0) is 13.1. The summed E-state index contributed by atoms with van der Waals surface area (Å²) in [5.74, 6) is 0.818. The summed E-state index contributed by atoms with van der Waals surface area (Å²) < 4.78 is 5.19. The zero-order valence-electron chi connectivity index (χ0n) is 11.5. The van der Waals surface area contributed by atoms with E-state index in [-0.39, 0.29) is 5.91 Å². The number of hydrogen-bond acceptors (Lipinski definition) is 3. The van der Waals surface area contributed by atoms with Crippen LogP contribution in [-0.4, -0.2) is 28.0 Å². The van der Waals surface area contributed by atoms with E-state index in [0.29, 0.717) is 17.8 Å². The van der Waals surface area contributed by atoms with Crippen molar-refractivity contribution < 1.29 is 9.32 Å². The molecule has 0 spiro atoms. The quantitative estimate of drug-likeness (QED) is 0.828. The van der Waals surface area contributed by atoms with Gasteiger partial charge in [0.25, 0.3) is 5.91 Å². The molecule has 1 saturated heterocycles. The van der Waals surface area contributed by atoms with Crippen LogP contribution >= 0.6 is 0 Å². The lowest BCUT2D eigenvalue weighted by Gasteiger charge is -2.38. The molecule has 1 fully saturated rings. The summed E-state index contributed by atoms with van der Waals surface area (Å²) >= 11 is 0. The van der Waals surface area contributed by atoms with Gasteiger partial charge in [0.1, 0.15) is 5.76 Å². The lowest BCUT2D eigenvalue weighted by molar-refractivity contribution is 0.0500. The molecule has 1 aromatic heterocycles. The second-order valence-corrected chi connectivity index (χ2v) is 5.27. The Balaban J connectivity index is 2.13. The van der Waals surface area contributed by atoms with Crippen LogP contribution in [0, 0.1) is 0 Å². The molecular formula is C14H22N2O2. The van der Waals surface area contributed by atoms with Crippen molar-refractivity contribution in [3.8, 4) is 0 Å². The van der Waals surface area contributed by atoms with Gasteiger partial charge in [0.15, 0.2) is 5.69 Å². The first-order valence-electron chi connectivity index (χ1n) is 6.91. The number of piperidine rings is 1. The fraction of sp³-hybridized carbons (Fsp3) is 0.714. The first-order chi connectivity index (χ1) is 8.63. The van der Waals surface area contributed by atoms with Crippen LogP contribution in [0.5, 0.6) is 0 Å². The minimum Gasteiger partial charge on any atom is -0.361 e. The van der Waals surface area contributed by atoms with Crippen LogP contribution in [0.15, 0.2) is 10.6 Å². The fourth-order valence-corrected chi connectivity index (χ4v) is 2.73. The molecule has 2 heterocycles. The Morgan fingerprint density at radius 2 is 2.11 bits per heavy atom. The van der Waals surface area contributed by atoms with E-state index in [9.17, 15) is 4.79 Å². The molecule has 0 saturated carbocycles. The van der Waals surface area contributed by atoms with Crippen LogP contribution in [0.2, 0.25) is 0 Å². The molecule has 0 aromatic carbocycles. The highest BCUT2D eigenvalue weighted by Crippen LogP contribution is 2.24. The molecule has 0 unspecified atom stereocenters. The van der Waals surface area contributed by atoms with Crippen molar-refractivity contribution in [2.45, 2.75) is 65.0 Å². The van der Waals surface area contributed by atoms with E-state index >= 15 is 0 Å². The van der Waals surface area contributed by atoms with Gasteiger partial charge in [-0.25, -0.2) is 0 Å². The Morgan fingerprint density at radius 3 is 2.72 bits per heavy atom. The average molecular weight is 250 g/mol. The van der Waals surface area contributed by atoms with Crippen LogP contribution < -0.4 is 0 Å². The SMILES string of the molecule is CCCc1cc(C(=O)N2[C@@H](C)CCC[C@@H]2C)no1. The van der Waals surface area contributed by atoms with Gasteiger partial charge in [0.05, 0.1) is 0 Å². The van der Waals surface area contributed by atoms with Crippen LogP contribution in [0.4, 0.5) is 0 Å². The van der Waals surface area contributed by atoms with Crippen molar-refractivity contribution in [1.29, 1.82) is 0 Å². The molecule has 0 radical (unpaired) electrons. The van der Waals surface area contributed by atoms with Gasteiger partial charge in [0.2, 0.25) is 0 Å². The standard InChI is InChI=1S/C14H22N2O2/c1-4-6-12-9-13(15-18-12)14(17)16-10(2)7-5-8-11(16)3/h9-11H,4-8H2,1-3H3/t10-,11-/m0/s1. The van der Waals surface area contributed by atoms with Gasteiger partial charge in [-0.3, -0.25) is 4.79 Å². The lowest BCUT2D eigenvalue weighted by atomic mass is 9.97. The zero-order valence-corrected chi connectivity index (χ0v) is 11.5. The topological polar surface area (TPSA) is 46.3 Å². The van der Waals surface area contributed by atoms with Crippen LogP contribution in [0.1, 0.15) is 62.7 Å². The summed E-state index contributed by atoms with van der Waals surface area (Å²) in [7, 11) is 0. The van der Waals surface area contributed by atoms with Gasteiger partial charge < -0.3 is 9.42 Å². The van der Waals surface area contributed by atoms with Gasteiger partial charge >= 0.3 is 0 Å². The highest BCUT2D eigenvalue weighted by Gasteiger charge is 2.31. The number of nitrogens with zero attached hydrogens (tertiary/aromatic N) is 2. The largest absolute Gasteiger partial charge is 0.361 e. The number of rotatable bonds is 3. The van der Waals surface area contributed by atoms with Crippen molar-refractivity contribution in [1.82, 2.24) is 10.1 Å². The highest BCUT2D eigenvalue weighted by atomic mass is 16.5. The third kappa shape index (κ3) is 2.57. The summed E-state index contributed by atoms with van der Waals surface area (Å²) in [6.07, 6.45) is 5.20. The van der Waals surface area contributed by atoms with Gasteiger partial charge in [-0.1, -0.05) is 12.1 Å². The molecule has 4 heteroatoms. The summed E-state index contributed by atoms with van der Waals surface area (Å²) in [4.78, 5) is 14.4. The van der Waals surface area contributed by atoms with E-state index in [1.165, 1.54) is 6.42 Å². The van der Waals surface area contributed by atoms with Crippen molar-refractivity contribution in [3.05, 3.63) is 17.5 Å². The maximum absolute atomic E-state index is 12.4. The Bertz CT molecular complexity index is 404. The fourth-order valence-electron chi connectivity index (χ4n) is 2.73. The van der Waals surface area contributed by atoms with E-state index in [2.05, 4.69) is 25.9 Å². The Hall–Kier alpha value is -1.32. The van der Waals surface area contributed by atoms with Crippen LogP contribution in [0.25, 0.3) is 0 Å². The second kappa shape index (κ2) is 5.55. The van der Waals surface area contributed by atoms with E-state index < -0.39 is 0 Å². The molecule has 0 aliphatic carbocycles. The van der Waals surface area contributed by atoms with Gasteiger partial charge in [0, 0.05) is 24.6 Å². The number of aryl methyl sites for hydroxylation is 1. The van der Waals surface area contributed by atoms with E-state index in [1.54, 1.807) is 6.07 Å². The molecular weight excluding hydrogens is 228 g/mol. The van der Waals surface area contributed by atoms with E-state index in [4.69, 9.17) is 4.52 Å². The first-order valence-corrected chi connectivity index (χ1v) is 6.91. The lowest BCUT2D eigenvalue weighted by Crippen LogP contribution is -2.47. The molecule has 0 bridgehead atoms. The second-order valence-electron chi connectivity index (χ2n) is 5.27. The number of likely N-dealkylation sites (tertiary alicyclic amines) is 1. The summed E-state index contributed by atoms with van der Waals surface area (Å²) in [5, 5.41) is 3.91. The molecule has 0 N–H and O–H groups in total. The monoisotopic (exact) mass is 250 g/mol. The van der Waals surface area contributed by atoms with E-state index in [1.807, 2.05) is 4.90 Å². The molecule has 4 nitrogen and oxygen atoms in total. The van der Waals surface area contributed by atoms with Crippen molar-refractivity contribution >= 4 is 5.91 Å². The molecule has 1 aromatic rings. The number of carbonyl (C=O) groups excluding carboxylic acids is 1. The molecule has 100 valence electrons. The first kappa shape index (κ1) is 13.1. The average Bonchev–Trinajstić information content (AvgIpc) is 2.78. The van der Waals surface area contributed by atoms with Crippen LogP contribution in [0.3, 0.4) is 0 Å². The highest BCUT2D eigenvalue weighted by molar-refractivity contribution is 5.92. The van der Waals surface area contributed by atoms with Gasteiger partial charge in [-0.2, -0.15) is 0 Å². The minimum absolute atomic E-state index is 0.0146. The molecule has 18 heavy (non-hydrogen) atoms. The number of amides is 1.